The zero-order valence-corrected chi connectivity index (χ0v) is 11.3. The van der Waals surface area contributed by atoms with Gasteiger partial charge in [-0.05, 0) is 24.9 Å². The summed E-state index contributed by atoms with van der Waals surface area (Å²) in [5.41, 5.74) is 1.00. The van der Waals surface area contributed by atoms with Crippen molar-refractivity contribution < 1.29 is 4.52 Å². The van der Waals surface area contributed by atoms with Crippen LogP contribution in [0, 0.1) is 11.8 Å². The number of hydrogen-bond acceptors (Lipinski definition) is 5. The highest BCUT2D eigenvalue weighted by Gasteiger charge is 2.36. The van der Waals surface area contributed by atoms with Crippen LogP contribution in [-0.2, 0) is 6.54 Å². The molecule has 1 N–H and O–H groups in total. The molecule has 0 unspecified atom stereocenters. The van der Waals surface area contributed by atoms with Gasteiger partial charge in [-0.3, -0.25) is 4.90 Å². The van der Waals surface area contributed by atoms with Gasteiger partial charge in [0.05, 0.1) is 6.54 Å². The van der Waals surface area contributed by atoms with Gasteiger partial charge >= 0.3 is 0 Å². The van der Waals surface area contributed by atoms with Crippen molar-refractivity contribution in [3.05, 3.63) is 36.2 Å². The summed E-state index contributed by atoms with van der Waals surface area (Å²) in [7, 11) is 0. The molecule has 0 aliphatic carbocycles. The molecule has 2 fully saturated rings. The van der Waals surface area contributed by atoms with Gasteiger partial charge in [0.2, 0.25) is 11.7 Å². The van der Waals surface area contributed by atoms with Gasteiger partial charge in [0.1, 0.15) is 0 Å². The summed E-state index contributed by atoms with van der Waals surface area (Å²) in [6.45, 7) is 5.36. The van der Waals surface area contributed by atoms with Crippen molar-refractivity contribution in [1.82, 2.24) is 20.4 Å². The Bertz CT molecular complexity index is 571. The summed E-state index contributed by atoms with van der Waals surface area (Å²) < 4.78 is 5.38. The third-order valence-corrected chi connectivity index (χ3v) is 4.32. The molecule has 2 atom stereocenters. The van der Waals surface area contributed by atoms with E-state index in [1.54, 1.807) is 0 Å². The second-order valence-corrected chi connectivity index (χ2v) is 5.75. The molecular weight excluding hydrogens is 252 g/mol. The lowest BCUT2D eigenvalue weighted by molar-refractivity contribution is 0.253. The fourth-order valence-electron chi connectivity index (χ4n) is 3.30. The summed E-state index contributed by atoms with van der Waals surface area (Å²) in [4.78, 5) is 6.93. The maximum atomic E-state index is 5.38. The minimum Gasteiger partial charge on any atom is -0.338 e. The van der Waals surface area contributed by atoms with Crippen LogP contribution in [0.2, 0.25) is 0 Å². The van der Waals surface area contributed by atoms with E-state index < -0.39 is 0 Å². The number of fused-ring (bicyclic) bond motifs is 1. The summed E-state index contributed by atoms with van der Waals surface area (Å²) >= 11 is 0. The Hall–Kier alpha value is -1.72. The van der Waals surface area contributed by atoms with Crippen molar-refractivity contribution in [3.63, 3.8) is 0 Å². The van der Waals surface area contributed by atoms with Crippen LogP contribution in [0.5, 0.6) is 0 Å². The first-order valence-electron chi connectivity index (χ1n) is 7.19. The molecule has 5 nitrogen and oxygen atoms in total. The molecule has 2 aromatic rings. The highest BCUT2D eigenvalue weighted by atomic mass is 16.5. The number of aromatic nitrogens is 2. The molecule has 0 radical (unpaired) electrons. The fourth-order valence-corrected chi connectivity index (χ4v) is 3.30. The SMILES string of the molecule is c1ccc(-c2noc(CN3C[C@H]4CNC[C@H]4C3)n2)cc1. The van der Waals surface area contributed by atoms with E-state index in [0.29, 0.717) is 5.82 Å². The molecule has 1 aromatic heterocycles. The maximum absolute atomic E-state index is 5.38. The number of likely N-dealkylation sites (tertiary alicyclic amines) is 1. The maximum Gasteiger partial charge on any atom is 0.241 e. The Kier molecular flexibility index (Phi) is 3.01. The molecule has 104 valence electrons. The molecule has 2 saturated heterocycles. The van der Waals surface area contributed by atoms with Crippen LogP contribution in [0.1, 0.15) is 5.89 Å². The van der Waals surface area contributed by atoms with Crippen LogP contribution in [0.15, 0.2) is 34.9 Å². The molecule has 0 amide bonds. The smallest absolute Gasteiger partial charge is 0.241 e. The molecule has 2 aliphatic rings. The van der Waals surface area contributed by atoms with Crippen molar-refractivity contribution in [2.24, 2.45) is 11.8 Å². The van der Waals surface area contributed by atoms with Crippen LogP contribution < -0.4 is 5.32 Å². The Morgan fingerprint density at radius 2 is 1.90 bits per heavy atom. The van der Waals surface area contributed by atoms with Crippen LogP contribution in [0.4, 0.5) is 0 Å². The third-order valence-electron chi connectivity index (χ3n) is 4.32. The Morgan fingerprint density at radius 3 is 2.65 bits per heavy atom. The molecule has 2 aliphatic heterocycles. The predicted molar refractivity (Wildman–Crippen MR) is 74.9 cm³/mol. The molecule has 0 spiro atoms. The average Bonchev–Trinajstić information content (AvgIpc) is 3.16. The second-order valence-electron chi connectivity index (χ2n) is 5.75. The number of nitrogens with one attached hydrogen (secondary N) is 1. The predicted octanol–water partition coefficient (Wildman–Crippen LogP) is 1.39. The Labute approximate surface area is 118 Å². The molecular formula is C15H18N4O. The highest BCUT2D eigenvalue weighted by Crippen LogP contribution is 2.27. The van der Waals surface area contributed by atoms with E-state index >= 15 is 0 Å². The quantitative estimate of drug-likeness (QED) is 0.913. The lowest BCUT2D eigenvalue weighted by Gasteiger charge is -2.13. The van der Waals surface area contributed by atoms with Gasteiger partial charge in [0, 0.05) is 18.7 Å². The van der Waals surface area contributed by atoms with E-state index in [2.05, 4.69) is 20.4 Å². The summed E-state index contributed by atoms with van der Waals surface area (Å²) in [6, 6.07) is 9.96. The average molecular weight is 270 g/mol. The molecule has 20 heavy (non-hydrogen) atoms. The lowest BCUT2D eigenvalue weighted by atomic mass is 10.0. The molecule has 3 heterocycles. The van der Waals surface area contributed by atoms with Crippen LogP contribution in [0.3, 0.4) is 0 Å². The minimum absolute atomic E-state index is 0.682. The molecule has 0 saturated carbocycles. The summed E-state index contributed by atoms with van der Waals surface area (Å²) in [5, 5.41) is 7.53. The number of hydrogen-bond donors (Lipinski definition) is 1. The number of nitrogens with zero attached hydrogens (tertiary/aromatic N) is 3. The van der Waals surface area contributed by atoms with Gasteiger partial charge < -0.3 is 9.84 Å². The van der Waals surface area contributed by atoms with Crippen LogP contribution in [0.25, 0.3) is 11.4 Å². The zero-order chi connectivity index (χ0) is 13.4. The highest BCUT2D eigenvalue weighted by molar-refractivity contribution is 5.53. The van der Waals surface area contributed by atoms with Crippen molar-refractivity contribution in [2.75, 3.05) is 26.2 Å². The topological polar surface area (TPSA) is 54.2 Å². The molecule has 0 bridgehead atoms. The van der Waals surface area contributed by atoms with E-state index in [-0.39, 0.29) is 0 Å². The lowest BCUT2D eigenvalue weighted by Crippen LogP contribution is -2.25. The molecule has 1 aromatic carbocycles. The minimum atomic E-state index is 0.682. The van der Waals surface area contributed by atoms with E-state index in [9.17, 15) is 0 Å². The molecule has 4 rings (SSSR count). The van der Waals surface area contributed by atoms with E-state index in [1.807, 2.05) is 30.3 Å². The van der Waals surface area contributed by atoms with Crippen molar-refractivity contribution in [3.8, 4) is 11.4 Å². The van der Waals surface area contributed by atoms with Crippen molar-refractivity contribution in [2.45, 2.75) is 6.54 Å². The van der Waals surface area contributed by atoms with Crippen molar-refractivity contribution in [1.29, 1.82) is 0 Å². The van der Waals surface area contributed by atoms with Crippen LogP contribution >= 0.6 is 0 Å². The normalized spacial score (nSPS) is 26.0. The van der Waals surface area contributed by atoms with Gasteiger partial charge in [0.15, 0.2) is 0 Å². The first-order chi connectivity index (χ1) is 9.88. The number of benzene rings is 1. The first kappa shape index (κ1) is 12.1. The second kappa shape index (κ2) is 5.00. The third kappa shape index (κ3) is 2.23. The largest absolute Gasteiger partial charge is 0.338 e. The van der Waals surface area contributed by atoms with Gasteiger partial charge in [-0.15, -0.1) is 0 Å². The van der Waals surface area contributed by atoms with Crippen LogP contribution in [-0.4, -0.2) is 41.2 Å². The van der Waals surface area contributed by atoms with Gasteiger partial charge in [-0.1, -0.05) is 35.5 Å². The zero-order valence-electron chi connectivity index (χ0n) is 11.3. The monoisotopic (exact) mass is 270 g/mol. The first-order valence-corrected chi connectivity index (χ1v) is 7.19. The van der Waals surface area contributed by atoms with E-state index in [4.69, 9.17) is 4.52 Å². The number of rotatable bonds is 3. The Balaban J connectivity index is 1.44. The molecule has 5 heteroatoms. The summed E-state index contributed by atoms with van der Waals surface area (Å²) in [5.74, 6) is 3.00. The van der Waals surface area contributed by atoms with Gasteiger partial charge in [-0.2, -0.15) is 4.98 Å². The summed E-state index contributed by atoms with van der Waals surface area (Å²) in [6.07, 6.45) is 0. The van der Waals surface area contributed by atoms with Gasteiger partial charge in [0.25, 0.3) is 0 Å². The standard InChI is InChI=1S/C15H18N4O/c1-2-4-11(5-3-1)15-17-14(20-18-15)10-19-8-12-6-16-7-13(12)9-19/h1-5,12-13,16H,6-10H2/t12-,13+. The Morgan fingerprint density at radius 1 is 1.15 bits per heavy atom. The van der Waals surface area contributed by atoms with E-state index in [1.165, 1.54) is 0 Å². The van der Waals surface area contributed by atoms with Gasteiger partial charge in [-0.25, -0.2) is 0 Å². The fraction of sp³-hybridized carbons (Fsp3) is 0.467. The van der Waals surface area contributed by atoms with Crippen molar-refractivity contribution >= 4 is 0 Å². The van der Waals surface area contributed by atoms with E-state index in [0.717, 1.165) is 56.0 Å².